The number of ketones is 1. The molecule has 3 nitrogen and oxygen atoms in total. The molecule has 94 valence electrons. The van der Waals surface area contributed by atoms with Crippen molar-refractivity contribution < 1.29 is 18.4 Å². The molecule has 0 amide bonds. The number of aliphatic imine (C=N–C) groups is 1. The second kappa shape index (κ2) is 4.61. The Labute approximate surface area is 107 Å². The highest BCUT2D eigenvalue weighted by Gasteiger charge is 2.35. The fourth-order valence-corrected chi connectivity index (χ4v) is 2.16. The Kier molecular flexibility index (Phi) is 3.30. The molecule has 1 heterocycles. The number of fused-ring (bicyclic) bond motifs is 1. The first-order valence-electron chi connectivity index (χ1n) is 5.29. The molecule has 0 saturated carbocycles. The third-order valence-corrected chi connectivity index (χ3v) is 3.03. The molecule has 2 rings (SSSR count). The second-order valence-corrected chi connectivity index (χ2v) is 4.32. The van der Waals surface area contributed by atoms with Gasteiger partial charge in [0.15, 0.2) is 17.4 Å². The van der Waals surface area contributed by atoms with Gasteiger partial charge in [0.05, 0.1) is 5.69 Å². The molecule has 18 heavy (non-hydrogen) atoms. The van der Waals surface area contributed by atoms with Gasteiger partial charge in [0.2, 0.25) is 5.12 Å². The molecule has 6 heteroatoms. The zero-order valence-corrected chi connectivity index (χ0v) is 10.3. The van der Waals surface area contributed by atoms with Crippen LogP contribution in [0.3, 0.4) is 0 Å². The van der Waals surface area contributed by atoms with Gasteiger partial charge in [-0.3, -0.25) is 14.6 Å². The molecule has 0 aromatic heterocycles. The molecule has 0 bridgehead atoms. The van der Waals surface area contributed by atoms with E-state index in [9.17, 15) is 18.4 Å². The van der Waals surface area contributed by atoms with E-state index in [0.29, 0.717) is 12.1 Å². The Morgan fingerprint density at radius 2 is 2.00 bits per heavy atom. The monoisotopic (exact) mass is 269 g/mol. The SMILES string of the molecule is CCC1=Nc2cc(F)c(F)cc2C(=O)C1C(=O)S. The maximum atomic E-state index is 13.1. The maximum Gasteiger partial charge on any atom is 0.202 e. The highest BCUT2D eigenvalue weighted by Crippen LogP contribution is 2.32. The van der Waals surface area contributed by atoms with E-state index in [2.05, 4.69) is 17.6 Å². The quantitative estimate of drug-likeness (QED) is 0.663. The van der Waals surface area contributed by atoms with Crippen molar-refractivity contribution in [3.8, 4) is 0 Å². The summed E-state index contributed by atoms with van der Waals surface area (Å²) in [4.78, 5) is 27.4. The van der Waals surface area contributed by atoms with E-state index in [1.54, 1.807) is 6.92 Å². The molecule has 1 atom stereocenters. The van der Waals surface area contributed by atoms with E-state index in [1.165, 1.54) is 0 Å². The van der Waals surface area contributed by atoms with Crippen molar-refractivity contribution in [3.05, 3.63) is 29.3 Å². The number of hydrogen-bond donors (Lipinski definition) is 1. The Balaban J connectivity index is 2.65. The number of nitrogens with zero attached hydrogens (tertiary/aromatic N) is 1. The van der Waals surface area contributed by atoms with E-state index < -0.39 is 28.5 Å². The van der Waals surface area contributed by atoms with Crippen LogP contribution in [0.2, 0.25) is 0 Å². The van der Waals surface area contributed by atoms with Gasteiger partial charge < -0.3 is 0 Å². The van der Waals surface area contributed by atoms with Gasteiger partial charge in [0, 0.05) is 17.3 Å². The number of hydrogen-bond acceptors (Lipinski definition) is 3. The summed E-state index contributed by atoms with van der Waals surface area (Å²) >= 11 is 3.64. The molecule has 1 aliphatic heterocycles. The van der Waals surface area contributed by atoms with Crippen LogP contribution >= 0.6 is 12.6 Å². The zero-order chi connectivity index (χ0) is 13.4. The molecule has 1 aromatic rings. The summed E-state index contributed by atoms with van der Waals surface area (Å²) in [5.41, 5.74) is 0.290. The zero-order valence-electron chi connectivity index (χ0n) is 9.41. The predicted octanol–water partition coefficient (Wildman–Crippen LogP) is 2.72. The Bertz CT molecular complexity index is 584. The number of Topliss-reactive ketones (excluding diaryl/α,β-unsaturated/α-hetero) is 1. The number of carbonyl (C=O) groups is 2. The van der Waals surface area contributed by atoms with Gasteiger partial charge in [-0.2, -0.15) is 0 Å². The summed E-state index contributed by atoms with van der Waals surface area (Å²) in [5.74, 6) is -3.90. The summed E-state index contributed by atoms with van der Waals surface area (Å²) in [6.07, 6.45) is 0.362. The van der Waals surface area contributed by atoms with Crippen molar-refractivity contribution in [1.82, 2.24) is 0 Å². The molecule has 0 aliphatic carbocycles. The summed E-state index contributed by atoms with van der Waals surface area (Å²) in [7, 11) is 0. The van der Waals surface area contributed by atoms with Crippen molar-refractivity contribution in [2.45, 2.75) is 13.3 Å². The summed E-state index contributed by atoms with van der Waals surface area (Å²) in [6.45, 7) is 1.72. The molecule has 1 aliphatic rings. The highest BCUT2D eigenvalue weighted by atomic mass is 32.1. The van der Waals surface area contributed by atoms with Crippen molar-refractivity contribution in [2.24, 2.45) is 10.9 Å². The molecule has 1 unspecified atom stereocenters. The first kappa shape index (κ1) is 12.9. The minimum Gasteiger partial charge on any atom is -0.293 e. The van der Waals surface area contributed by atoms with Crippen molar-refractivity contribution in [2.75, 3.05) is 0 Å². The normalized spacial score (nSPS) is 18.3. The lowest BCUT2D eigenvalue weighted by atomic mass is 9.89. The predicted molar refractivity (Wildman–Crippen MR) is 65.6 cm³/mol. The van der Waals surface area contributed by atoms with E-state index in [0.717, 1.165) is 12.1 Å². The van der Waals surface area contributed by atoms with Crippen molar-refractivity contribution in [1.29, 1.82) is 0 Å². The van der Waals surface area contributed by atoms with Crippen LogP contribution in [0.1, 0.15) is 23.7 Å². The fraction of sp³-hybridized carbons (Fsp3) is 0.250. The van der Waals surface area contributed by atoms with Crippen LogP contribution in [0.15, 0.2) is 17.1 Å². The highest BCUT2D eigenvalue weighted by molar-refractivity contribution is 7.96. The third kappa shape index (κ3) is 1.96. The van der Waals surface area contributed by atoms with Crippen LogP contribution in [0, 0.1) is 17.6 Å². The lowest BCUT2D eigenvalue weighted by Crippen LogP contribution is -2.32. The molecule has 0 N–H and O–H groups in total. The molecular formula is C12H9F2NO2S. The molecule has 0 fully saturated rings. The van der Waals surface area contributed by atoms with Crippen LogP contribution in [-0.4, -0.2) is 16.6 Å². The van der Waals surface area contributed by atoms with Gasteiger partial charge in [0.1, 0.15) is 5.92 Å². The van der Waals surface area contributed by atoms with Crippen LogP contribution in [-0.2, 0) is 4.79 Å². The second-order valence-electron chi connectivity index (χ2n) is 3.88. The molecule has 0 saturated heterocycles. The number of rotatable bonds is 2. The Hall–Kier alpha value is -1.56. The number of halogens is 2. The average molecular weight is 269 g/mol. The van der Waals surface area contributed by atoms with E-state index in [4.69, 9.17) is 0 Å². The van der Waals surface area contributed by atoms with Crippen molar-refractivity contribution in [3.63, 3.8) is 0 Å². The molecule has 1 aromatic carbocycles. The van der Waals surface area contributed by atoms with Crippen LogP contribution in [0.25, 0.3) is 0 Å². The van der Waals surface area contributed by atoms with Crippen molar-refractivity contribution >= 4 is 34.9 Å². The van der Waals surface area contributed by atoms with Gasteiger partial charge in [0.25, 0.3) is 0 Å². The Morgan fingerprint density at radius 3 is 2.56 bits per heavy atom. The number of benzene rings is 1. The number of carbonyl (C=O) groups excluding carboxylic acids is 2. The van der Waals surface area contributed by atoms with Gasteiger partial charge in [-0.1, -0.05) is 6.92 Å². The van der Waals surface area contributed by atoms with Gasteiger partial charge in [-0.15, -0.1) is 12.6 Å². The van der Waals surface area contributed by atoms with Gasteiger partial charge >= 0.3 is 0 Å². The first-order chi connectivity index (χ1) is 8.45. The maximum absolute atomic E-state index is 13.1. The standard InChI is InChI=1S/C12H9F2NO2S/c1-2-8-10(12(17)18)11(16)5-3-6(13)7(14)4-9(5)15-8/h3-4,10H,2H2,1H3,(H,17,18). The van der Waals surface area contributed by atoms with Crippen LogP contribution in [0.4, 0.5) is 14.5 Å². The number of thiol groups is 1. The minimum absolute atomic E-state index is 0.0570. The lowest BCUT2D eigenvalue weighted by molar-refractivity contribution is -0.111. The van der Waals surface area contributed by atoms with Gasteiger partial charge in [-0.25, -0.2) is 8.78 Å². The summed E-state index contributed by atoms with van der Waals surface area (Å²) in [5, 5.41) is -0.643. The largest absolute Gasteiger partial charge is 0.293 e. The molecule has 0 radical (unpaired) electrons. The topological polar surface area (TPSA) is 46.5 Å². The minimum atomic E-state index is -1.14. The average Bonchev–Trinajstić information content (AvgIpc) is 2.30. The van der Waals surface area contributed by atoms with E-state index in [-0.39, 0.29) is 11.3 Å². The van der Waals surface area contributed by atoms with Gasteiger partial charge in [-0.05, 0) is 12.5 Å². The van der Waals surface area contributed by atoms with E-state index >= 15 is 0 Å². The molecular weight excluding hydrogens is 260 g/mol. The lowest BCUT2D eigenvalue weighted by Gasteiger charge is -2.20. The smallest absolute Gasteiger partial charge is 0.202 e. The Morgan fingerprint density at radius 1 is 1.39 bits per heavy atom. The first-order valence-corrected chi connectivity index (χ1v) is 5.74. The van der Waals surface area contributed by atoms with Crippen LogP contribution in [0.5, 0.6) is 0 Å². The summed E-state index contributed by atoms with van der Waals surface area (Å²) < 4.78 is 26.2. The fourth-order valence-electron chi connectivity index (χ4n) is 1.89. The third-order valence-electron chi connectivity index (χ3n) is 2.77. The van der Waals surface area contributed by atoms with Crippen LogP contribution < -0.4 is 0 Å². The molecule has 0 spiro atoms. The van der Waals surface area contributed by atoms with E-state index in [1.807, 2.05) is 0 Å². The summed E-state index contributed by atoms with van der Waals surface area (Å²) in [6, 6.07) is 1.63.